The molecule has 1 aromatic heterocycles. The molecule has 0 radical (unpaired) electrons. The summed E-state index contributed by atoms with van der Waals surface area (Å²) in [6, 6.07) is 14.5. The summed E-state index contributed by atoms with van der Waals surface area (Å²) in [7, 11) is 0. The van der Waals surface area contributed by atoms with Crippen LogP contribution in [0.3, 0.4) is 0 Å². The Labute approximate surface area is 319 Å². The number of piperidine rings is 3. The Morgan fingerprint density at radius 1 is 0.818 bits per heavy atom. The van der Waals surface area contributed by atoms with Gasteiger partial charge in [-0.2, -0.15) is 0 Å². The van der Waals surface area contributed by atoms with Gasteiger partial charge in [-0.25, -0.2) is 0 Å². The number of phenolic OH excluding ortho intramolecular Hbond substituents is 1. The Morgan fingerprint density at radius 2 is 1.64 bits per heavy atom. The molecule has 0 bridgehead atoms. The third kappa shape index (κ3) is 6.00. The molecule has 1 saturated carbocycles. The molecule has 14 heteroatoms. The number of rotatable bonds is 7. The number of hydrogen-bond donors (Lipinski definition) is 3. The highest BCUT2D eigenvalue weighted by molar-refractivity contribution is 6.23. The van der Waals surface area contributed by atoms with Crippen LogP contribution in [0.5, 0.6) is 5.75 Å². The number of nitrogens with zero attached hydrogens (tertiary/aromatic N) is 7. The summed E-state index contributed by atoms with van der Waals surface area (Å²) in [4.78, 5) is 62.0. The number of nitrogens with one attached hydrogen (secondary N) is 2. The van der Waals surface area contributed by atoms with Crippen molar-refractivity contribution >= 4 is 40.8 Å². The number of anilines is 3. The summed E-state index contributed by atoms with van der Waals surface area (Å²) in [5, 5.41) is 25.0. The number of carbonyl (C=O) groups excluding carboxylic acids is 4. The predicted molar refractivity (Wildman–Crippen MR) is 205 cm³/mol. The van der Waals surface area contributed by atoms with Gasteiger partial charge in [0.15, 0.2) is 5.82 Å². The maximum atomic E-state index is 13.4. The Kier molecular flexibility index (Phi) is 8.32. The molecule has 3 aromatic rings. The first-order valence-corrected chi connectivity index (χ1v) is 19.9. The number of likely N-dealkylation sites (tertiary alicyclic amines) is 1. The molecule has 286 valence electrons. The van der Waals surface area contributed by atoms with Gasteiger partial charge in [0, 0.05) is 82.6 Å². The molecule has 55 heavy (non-hydrogen) atoms. The van der Waals surface area contributed by atoms with Crippen LogP contribution in [0.15, 0.2) is 48.5 Å². The molecule has 10 rings (SSSR count). The van der Waals surface area contributed by atoms with Crippen molar-refractivity contribution in [2.24, 2.45) is 23.7 Å². The maximum Gasteiger partial charge on any atom is 0.262 e. The molecule has 6 aliphatic heterocycles. The zero-order valence-corrected chi connectivity index (χ0v) is 31.1. The fraction of sp³-hybridized carbons (Fsp3) is 0.512. The lowest BCUT2D eigenvalue weighted by Gasteiger charge is -2.46. The normalized spacial score (nSPS) is 30.4. The number of carbonyl (C=O) groups is 4. The standard InChI is InChI=1S/C41H47N9O5/c1-23-14-24(10-11-48(23)25-6-7-27-29(15-25)41(55)50(40(27)54)34-8-9-37(52)43-39(34)53)18-47-21-31-30(32(31)22-47)20-46-12-13-49-26(19-46)17-42-38-35(49)16-33(44-45-38)28-4-2-3-5-36(28)51/h2-7,15-16,23-24,26,30-32,34,51H,8-14,17-22H2,1H3,(H,42,45)(H,43,52,53)/t23-,24-,26+,30?,31-,32+,34?/m1/s1. The van der Waals surface area contributed by atoms with Gasteiger partial charge in [0.05, 0.1) is 28.6 Å². The summed E-state index contributed by atoms with van der Waals surface area (Å²) < 4.78 is 0. The average Bonchev–Trinajstić information content (AvgIpc) is 3.49. The van der Waals surface area contributed by atoms with E-state index >= 15 is 0 Å². The lowest BCUT2D eigenvalue weighted by molar-refractivity contribution is -0.136. The van der Waals surface area contributed by atoms with E-state index in [0.717, 1.165) is 92.0 Å². The van der Waals surface area contributed by atoms with E-state index in [2.05, 4.69) is 53.4 Å². The molecule has 2 aromatic carbocycles. The van der Waals surface area contributed by atoms with Gasteiger partial charge in [-0.15, -0.1) is 10.2 Å². The van der Waals surface area contributed by atoms with Gasteiger partial charge >= 0.3 is 0 Å². The van der Waals surface area contributed by atoms with E-state index in [9.17, 15) is 24.3 Å². The van der Waals surface area contributed by atoms with Gasteiger partial charge in [-0.05, 0) is 86.3 Å². The van der Waals surface area contributed by atoms with E-state index in [1.807, 2.05) is 30.3 Å². The molecule has 4 amide bonds. The van der Waals surface area contributed by atoms with E-state index < -0.39 is 23.8 Å². The van der Waals surface area contributed by atoms with Gasteiger partial charge in [0.1, 0.15) is 11.8 Å². The van der Waals surface area contributed by atoms with Crippen molar-refractivity contribution in [3.63, 3.8) is 0 Å². The van der Waals surface area contributed by atoms with Crippen LogP contribution in [0.4, 0.5) is 17.2 Å². The first-order valence-electron chi connectivity index (χ1n) is 19.9. The number of hydrogen-bond acceptors (Lipinski definition) is 12. The van der Waals surface area contributed by atoms with Crippen LogP contribution in [0.2, 0.25) is 0 Å². The lowest BCUT2D eigenvalue weighted by atomic mass is 9.90. The Balaban J connectivity index is 0.701. The summed E-state index contributed by atoms with van der Waals surface area (Å²) in [5.41, 5.74) is 4.05. The first-order chi connectivity index (χ1) is 26.7. The Morgan fingerprint density at radius 3 is 2.44 bits per heavy atom. The summed E-state index contributed by atoms with van der Waals surface area (Å²) in [6.45, 7) is 11.7. The molecule has 7 aliphatic rings. The molecule has 14 nitrogen and oxygen atoms in total. The van der Waals surface area contributed by atoms with Crippen LogP contribution in [0.25, 0.3) is 11.3 Å². The number of imide groups is 2. The Bertz CT molecular complexity index is 2080. The van der Waals surface area contributed by atoms with Crippen LogP contribution >= 0.6 is 0 Å². The maximum absolute atomic E-state index is 13.4. The number of aromatic hydroxyl groups is 1. The smallest absolute Gasteiger partial charge is 0.262 e. The molecule has 2 unspecified atom stereocenters. The van der Waals surface area contributed by atoms with Gasteiger partial charge in [0.25, 0.3) is 11.8 Å². The van der Waals surface area contributed by atoms with Crippen LogP contribution in [-0.2, 0) is 9.59 Å². The number of benzene rings is 2. The highest BCUT2D eigenvalue weighted by Gasteiger charge is 2.56. The third-order valence-electron chi connectivity index (χ3n) is 13.5. The minimum absolute atomic E-state index is 0.107. The van der Waals surface area contributed by atoms with E-state index in [-0.39, 0.29) is 24.5 Å². The zero-order chi connectivity index (χ0) is 37.5. The van der Waals surface area contributed by atoms with E-state index in [1.54, 1.807) is 12.1 Å². The molecular weight excluding hydrogens is 699 g/mol. The van der Waals surface area contributed by atoms with Gasteiger partial charge in [-0.1, -0.05) is 12.1 Å². The second-order valence-corrected chi connectivity index (χ2v) is 16.8. The second-order valence-electron chi connectivity index (χ2n) is 16.8. The quantitative estimate of drug-likeness (QED) is 0.305. The minimum Gasteiger partial charge on any atom is -0.507 e. The molecule has 5 fully saturated rings. The number of amides is 4. The van der Waals surface area contributed by atoms with Crippen LogP contribution in [0, 0.1) is 23.7 Å². The monoisotopic (exact) mass is 745 g/mol. The van der Waals surface area contributed by atoms with E-state index in [4.69, 9.17) is 0 Å². The van der Waals surface area contributed by atoms with Gasteiger partial charge in [0.2, 0.25) is 11.8 Å². The molecule has 7 heterocycles. The van der Waals surface area contributed by atoms with Crippen molar-refractivity contribution in [3.05, 3.63) is 59.7 Å². The molecular formula is C41H47N9O5. The zero-order valence-electron chi connectivity index (χ0n) is 31.1. The van der Waals surface area contributed by atoms with Crippen molar-refractivity contribution in [1.82, 2.24) is 30.2 Å². The fourth-order valence-corrected chi connectivity index (χ4v) is 10.6. The SMILES string of the molecule is C[C@@H]1C[C@H](CN2C[C@@H]3C(CN4CCN5c6cc(-c7ccccc7O)nnc6NC[C@H]5C4)[C@@H]3C2)CCN1c1ccc2c(c1)C(=O)N(C1CCC(=O)NC1=O)C2=O. The average molecular weight is 746 g/mol. The highest BCUT2D eigenvalue weighted by Crippen LogP contribution is 2.52. The van der Waals surface area contributed by atoms with Crippen LogP contribution in [0.1, 0.15) is 53.3 Å². The molecule has 1 aliphatic carbocycles. The molecule has 3 N–H and O–H groups in total. The van der Waals surface area contributed by atoms with E-state index in [1.165, 1.54) is 19.6 Å². The van der Waals surface area contributed by atoms with Gasteiger partial charge in [-0.3, -0.25) is 34.3 Å². The van der Waals surface area contributed by atoms with Crippen molar-refractivity contribution in [2.45, 2.75) is 50.7 Å². The predicted octanol–water partition coefficient (Wildman–Crippen LogP) is 2.65. The largest absolute Gasteiger partial charge is 0.507 e. The van der Waals surface area contributed by atoms with Gasteiger partial charge < -0.3 is 25.1 Å². The minimum atomic E-state index is -0.956. The number of phenols is 1. The third-order valence-corrected chi connectivity index (χ3v) is 13.5. The topological polar surface area (TPSA) is 155 Å². The molecule has 4 saturated heterocycles. The lowest BCUT2D eigenvalue weighted by Crippen LogP contribution is -2.58. The number of aromatic nitrogens is 2. The van der Waals surface area contributed by atoms with E-state index in [0.29, 0.717) is 40.4 Å². The fourth-order valence-electron chi connectivity index (χ4n) is 10.6. The number of para-hydroxylation sites is 1. The second kappa shape index (κ2) is 13.3. The number of piperazine rings is 1. The van der Waals surface area contributed by atoms with Crippen LogP contribution < -0.4 is 20.4 Å². The summed E-state index contributed by atoms with van der Waals surface area (Å²) in [6.07, 6.45) is 2.41. The highest BCUT2D eigenvalue weighted by atomic mass is 16.3. The summed E-state index contributed by atoms with van der Waals surface area (Å²) in [5.74, 6) is 2.13. The van der Waals surface area contributed by atoms with Crippen molar-refractivity contribution in [1.29, 1.82) is 0 Å². The van der Waals surface area contributed by atoms with Crippen LogP contribution in [-0.4, -0.2) is 131 Å². The molecule has 0 spiro atoms. The number of fused-ring (bicyclic) bond motifs is 5. The summed E-state index contributed by atoms with van der Waals surface area (Å²) >= 11 is 0. The van der Waals surface area contributed by atoms with Crippen molar-refractivity contribution in [2.75, 3.05) is 74.0 Å². The first kappa shape index (κ1) is 34.4. The van der Waals surface area contributed by atoms with Crippen molar-refractivity contribution in [3.8, 4) is 17.0 Å². The van der Waals surface area contributed by atoms with Crippen molar-refractivity contribution < 1.29 is 24.3 Å². The Hall–Kier alpha value is -5.08. The molecule has 7 atom stereocenters.